The average molecular weight is 289 g/mol. The summed E-state index contributed by atoms with van der Waals surface area (Å²) < 4.78 is 0. The first-order chi connectivity index (χ1) is 10.3. The van der Waals surface area contributed by atoms with Crippen LogP contribution in [0.25, 0.3) is 0 Å². The monoisotopic (exact) mass is 289 g/mol. The number of carbonyl (C=O) groups excluding carboxylic acids is 1. The van der Waals surface area contributed by atoms with E-state index in [0.717, 1.165) is 18.5 Å². The van der Waals surface area contributed by atoms with Gasteiger partial charge in [-0.05, 0) is 19.8 Å². The summed E-state index contributed by atoms with van der Waals surface area (Å²) in [5.41, 5.74) is 1.57. The van der Waals surface area contributed by atoms with Gasteiger partial charge in [-0.2, -0.15) is 10.3 Å². The van der Waals surface area contributed by atoms with Crippen molar-refractivity contribution < 1.29 is 4.79 Å². The quantitative estimate of drug-likeness (QED) is 0.788. The van der Waals surface area contributed by atoms with E-state index < -0.39 is 0 Å². The lowest BCUT2D eigenvalue weighted by molar-refractivity contribution is 0.0936. The second-order valence-corrected chi connectivity index (χ2v) is 5.50. The van der Waals surface area contributed by atoms with Crippen molar-refractivity contribution in [2.45, 2.75) is 51.0 Å². The largest absolute Gasteiger partial charge is 0.342 e. The minimum Gasteiger partial charge on any atom is -0.342 e. The summed E-state index contributed by atoms with van der Waals surface area (Å²) in [5, 5.41) is 23.6. The van der Waals surface area contributed by atoms with E-state index in [-0.39, 0.29) is 11.9 Å². The Bertz CT molecular complexity index is 585. The molecule has 1 fully saturated rings. The van der Waals surface area contributed by atoms with Gasteiger partial charge in [-0.3, -0.25) is 9.89 Å². The number of amides is 1. The number of rotatable bonds is 4. The highest BCUT2D eigenvalue weighted by atomic mass is 16.1. The number of nitrogens with zero attached hydrogens (tertiary/aromatic N) is 4. The molecule has 3 rings (SSSR count). The fourth-order valence-electron chi connectivity index (χ4n) is 2.87. The maximum absolute atomic E-state index is 12.4. The molecule has 3 N–H and O–H groups in total. The van der Waals surface area contributed by atoms with E-state index in [4.69, 9.17) is 0 Å². The van der Waals surface area contributed by atoms with Crippen LogP contribution < -0.4 is 5.32 Å². The topological polar surface area (TPSA) is 112 Å². The summed E-state index contributed by atoms with van der Waals surface area (Å²) in [7, 11) is 0. The van der Waals surface area contributed by atoms with Gasteiger partial charge < -0.3 is 5.32 Å². The third-order valence-electron chi connectivity index (χ3n) is 4.02. The number of H-pyrrole nitrogens is 2. The van der Waals surface area contributed by atoms with Crippen LogP contribution >= 0.6 is 0 Å². The molecule has 2 aromatic heterocycles. The SMILES string of the molecule is C[C@@H](NC(=O)c1cn[nH]c1C1CCCCC1)c1nn[nH]n1. The molecule has 1 aliphatic rings. The Labute approximate surface area is 122 Å². The van der Waals surface area contributed by atoms with Crippen LogP contribution in [0.15, 0.2) is 6.20 Å². The average Bonchev–Trinajstić information content (AvgIpc) is 3.19. The Balaban J connectivity index is 1.71. The molecule has 0 spiro atoms. The van der Waals surface area contributed by atoms with E-state index in [2.05, 4.69) is 36.1 Å². The predicted molar refractivity (Wildman–Crippen MR) is 74.5 cm³/mol. The van der Waals surface area contributed by atoms with Crippen LogP contribution in [0.2, 0.25) is 0 Å². The summed E-state index contributed by atoms with van der Waals surface area (Å²) in [6.07, 6.45) is 7.53. The van der Waals surface area contributed by atoms with Crippen molar-refractivity contribution in [1.29, 1.82) is 0 Å². The number of carbonyl (C=O) groups is 1. The zero-order chi connectivity index (χ0) is 14.7. The van der Waals surface area contributed by atoms with E-state index >= 15 is 0 Å². The molecular formula is C13H19N7O. The second-order valence-electron chi connectivity index (χ2n) is 5.50. The molecule has 0 radical (unpaired) electrons. The Hall–Kier alpha value is -2.25. The van der Waals surface area contributed by atoms with Gasteiger partial charge >= 0.3 is 0 Å². The molecule has 1 atom stereocenters. The Morgan fingerprint density at radius 2 is 2.19 bits per heavy atom. The molecule has 2 heterocycles. The third-order valence-corrected chi connectivity index (χ3v) is 4.02. The van der Waals surface area contributed by atoms with Gasteiger partial charge in [0.2, 0.25) is 0 Å². The van der Waals surface area contributed by atoms with Crippen molar-refractivity contribution in [2.75, 3.05) is 0 Å². The lowest BCUT2D eigenvalue weighted by Gasteiger charge is -2.21. The molecule has 21 heavy (non-hydrogen) atoms. The first-order valence-corrected chi connectivity index (χ1v) is 7.33. The maximum atomic E-state index is 12.4. The van der Waals surface area contributed by atoms with Crippen molar-refractivity contribution in [1.82, 2.24) is 36.1 Å². The smallest absolute Gasteiger partial charge is 0.255 e. The zero-order valence-electron chi connectivity index (χ0n) is 12.0. The van der Waals surface area contributed by atoms with E-state index in [1.807, 2.05) is 6.92 Å². The van der Waals surface area contributed by atoms with Crippen LogP contribution in [-0.2, 0) is 0 Å². The van der Waals surface area contributed by atoms with Gasteiger partial charge in [-0.1, -0.05) is 24.5 Å². The number of hydrogen-bond acceptors (Lipinski definition) is 5. The Kier molecular flexibility index (Phi) is 3.94. The third kappa shape index (κ3) is 2.93. The van der Waals surface area contributed by atoms with E-state index in [0.29, 0.717) is 17.3 Å². The van der Waals surface area contributed by atoms with Crippen LogP contribution in [0.1, 0.15) is 72.9 Å². The molecular weight excluding hydrogens is 270 g/mol. The molecule has 1 amide bonds. The molecule has 0 bridgehead atoms. The summed E-state index contributed by atoms with van der Waals surface area (Å²) in [6, 6.07) is -0.301. The van der Waals surface area contributed by atoms with Gasteiger partial charge in [0.15, 0.2) is 5.82 Å². The second kappa shape index (κ2) is 6.02. The van der Waals surface area contributed by atoms with Gasteiger partial charge in [-0.15, -0.1) is 10.2 Å². The van der Waals surface area contributed by atoms with E-state index in [9.17, 15) is 4.79 Å². The number of tetrazole rings is 1. The van der Waals surface area contributed by atoms with Crippen molar-refractivity contribution in [2.24, 2.45) is 0 Å². The van der Waals surface area contributed by atoms with Crippen molar-refractivity contribution >= 4 is 5.91 Å². The Morgan fingerprint density at radius 1 is 1.38 bits per heavy atom. The number of nitrogens with one attached hydrogen (secondary N) is 3. The van der Waals surface area contributed by atoms with Gasteiger partial charge in [-0.25, -0.2) is 0 Å². The minimum atomic E-state index is -0.301. The number of aromatic amines is 2. The normalized spacial score (nSPS) is 17.6. The van der Waals surface area contributed by atoms with Crippen molar-refractivity contribution in [3.63, 3.8) is 0 Å². The fourth-order valence-corrected chi connectivity index (χ4v) is 2.87. The molecule has 1 aliphatic carbocycles. The molecule has 2 aromatic rings. The zero-order valence-corrected chi connectivity index (χ0v) is 12.0. The summed E-state index contributed by atoms with van der Waals surface area (Å²) in [6.45, 7) is 1.82. The van der Waals surface area contributed by atoms with Gasteiger partial charge in [0.05, 0.1) is 23.5 Å². The Morgan fingerprint density at radius 3 is 2.90 bits per heavy atom. The molecule has 8 heteroatoms. The maximum Gasteiger partial charge on any atom is 0.255 e. The van der Waals surface area contributed by atoms with Crippen molar-refractivity contribution in [3.05, 3.63) is 23.3 Å². The van der Waals surface area contributed by atoms with Gasteiger partial charge in [0.1, 0.15) is 0 Å². The first-order valence-electron chi connectivity index (χ1n) is 7.33. The molecule has 0 unspecified atom stereocenters. The molecule has 1 saturated carbocycles. The lowest BCUT2D eigenvalue weighted by atomic mass is 9.85. The standard InChI is InChI=1S/C13H19N7O/c1-8(12-17-19-20-18-12)15-13(21)10-7-14-16-11(10)9-5-3-2-4-6-9/h7-9H,2-6H2,1H3,(H,14,16)(H,15,21)(H,17,18,19,20)/t8-/m1/s1. The lowest BCUT2D eigenvalue weighted by Crippen LogP contribution is -2.28. The fraction of sp³-hybridized carbons (Fsp3) is 0.615. The molecule has 0 aliphatic heterocycles. The number of hydrogen-bond donors (Lipinski definition) is 3. The predicted octanol–water partition coefficient (Wildman–Crippen LogP) is 1.46. The molecule has 8 nitrogen and oxygen atoms in total. The highest BCUT2D eigenvalue weighted by Crippen LogP contribution is 2.33. The van der Waals surface area contributed by atoms with Crippen LogP contribution in [0.5, 0.6) is 0 Å². The van der Waals surface area contributed by atoms with Crippen LogP contribution in [0, 0.1) is 0 Å². The summed E-state index contributed by atoms with van der Waals surface area (Å²) >= 11 is 0. The highest BCUT2D eigenvalue weighted by Gasteiger charge is 2.24. The van der Waals surface area contributed by atoms with Crippen LogP contribution in [0.4, 0.5) is 0 Å². The molecule has 0 saturated heterocycles. The van der Waals surface area contributed by atoms with Crippen LogP contribution in [0.3, 0.4) is 0 Å². The van der Waals surface area contributed by atoms with E-state index in [1.54, 1.807) is 6.20 Å². The highest BCUT2D eigenvalue weighted by molar-refractivity contribution is 5.95. The molecule has 112 valence electrons. The van der Waals surface area contributed by atoms with Gasteiger partial charge in [0, 0.05) is 5.92 Å². The van der Waals surface area contributed by atoms with Crippen molar-refractivity contribution in [3.8, 4) is 0 Å². The summed E-state index contributed by atoms with van der Waals surface area (Å²) in [5.74, 6) is 0.718. The minimum absolute atomic E-state index is 0.151. The van der Waals surface area contributed by atoms with Crippen LogP contribution in [-0.4, -0.2) is 36.7 Å². The number of aromatic nitrogens is 6. The molecule has 0 aromatic carbocycles. The first kappa shape index (κ1) is 13.7. The van der Waals surface area contributed by atoms with E-state index in [1.165, 1.54) is 19.3 Å². The van der Waals surface area contributed by atoms with Gasteiger partial charge in [0.25, 0.3) is 5.91 Å². The summed E-state index contributed by atoms with van der Waals surface area (Å²) in [4.78, 5) is 12.4.